The number of rotatable bonds is 3. The zero-order valence-corrected chi connectivity index (χ0v) is 18.3. The van der Waals surface area contributed by atoms with Crippen LogP contribution in [0.2, 0.25) is 0 Å². The van der Waals surface area contributed by atoms with Crippen LogP contribution in [0.25, 0.3) is 10.4 Å². The number of para-hydroxylation sites is 3. The first kappa shape index (κ1) is 20.3. The van der Waals surface area contributed by atoms with Crippen LogP contribution in [0.15, 0.2) is 54.6 Å². The van der Waals surface area contributed by atoms with Gasteiger partial charge in [0.1, 0.15) is 22.8 Å². The smallest absolute Gasteiger partial charge is 0.348 e. The number of carbonyl (C=O) groups excluding carboxylic acids is 3. The molecule has 2 aliphatic heterocycles. The lowest BCUT2D eigenvalue weighted by Crippen LogP contribution is -2.59. The minimum absolute atomic E-state index is 0.305. The average Bonchev–Trinajstić information content (AvgIpc) is 3.23. The molecule has 32 heavy (non-hydrogen) atoms. The molecule has 1 N–H and O–H groups in total. The van der Waals surface area contributed by atoms with Crippen LogP contribution in [-0.2, 0) is 20.9 Å². The first-order chi connectivity index (χ1) is 15.4. The van der Waals surface area contributed by atoms with E-state index in [0.717, 1.165) is 21.8 Å². The monoisotopic (exact) mass is 448 g/mol. The second-order valence-corrected chi connectivity index (χ2v) is 9.14. The number of hydrogen-bond acceptors (Lipinski definition) is 6. The van der Waals surface area contributed by atoms with Crippen molar-refractivity contribution in [3.63, 3.8) is 0 Å². The number of nitrogens with one attached hydrogen (secondary N) is 1. The molecule has 0 fully saturated rings. The van der Waals surface area contributed by atoms with Crippen molar-refractivity contribution in [3.05, 3.63) is 65.0 Å². The first-order valence-electron chi connectivity index (χ1n) is 10.1. The van der Waals surface area contributed by atoms with Crippen LogP contribution in [0.3, 0.4) is 0 Å². The van der Waals surface area contributed by atoms with E-state index in [9.17, 15) is 14.4 Å². The number of nitrogens with zero attached hydrogens (tertiary/aromatic N) is 1. The van der Waals surface area contributed by atoms with Gasteiger partial charge in [-0.3, -0.25) is 14.5 Å². The van der Waals surface area contributed by atoms with Crippen molar-refractivity contribution in [2.75, 3.05) is 16.8 Å². The van der Waals surface area contributed by atoms with Gasteiger partial charge in [-0.05, 0) is 44.2 Å². The molecule has 0 unspecified atom stereocenters. The van der Waals surface area contributed by atoms with Crippen LogP contribution >= 0.6 is 11.3 Å². The number of benzene rings is 2. The normalized spacial score (nSPS) is 15.6. The van der Waals surface area contributed by atoms with E-state index in [0.29, 0.717) is 22.9 Å². The number of amides is 2. The predicted octanol–water partition coefficient (Wildman–Crippen LogP) is 4.23. The van der Waals surface area contributed by atoms with Crippen LogP contribution in [-0.4, -0.2) is 29.9 Å². The topological polar surface area (TPSA) is 84.9 Å². The molecule has 1 aromatic heterocycles. The van der Waals surface area contributed by atoms with Crippen molar-refractivity contribution < 1.29 is 23.9 Å². The molecule has 7 nitrogen and oxygen atoms in total. The van der Waals surface area contributed by atoms with Crippen LogP contribution < -0.4 is 15.0 Å². The van der Waals surface area contributed by atoms with E-state index < -0.39 is 24.0 Å². The van der Waals surface area contributed by atoms with Crippen molar-refractivity contribution in [2.24, 2.45) is 0 Å². The molecule has 0 spiro atoms. The number of ether oxygens (including phenoxy) is 2. The van der Waals surface area contributed by atoms with Crippen LogP contribution in [0.1, 0.15) is 29.1 Å². The third-order valence-electron chi connectivity index (χ3n) is 5.61. The fourth-order valence-corrected chi connectivity index (χ4v) is 5.05. The van der Waals surface area contributed by atoms with Crippen molar-refractivity contribution in [2.45, 2.75) is 26.0 Å². The Bertz CT molecular complexity index is 1260. The van der Waals surface area contributed by atoms with Crippen LogP contribution in [0.4, 0.5) is 11.4 Å². The Labute approximate surface area is 188 Å². The Balaban J connectivity index is 1.35. The number of hydrogen-bond donors (Lipinski definition) is 1. The first-order valence-corrected chi connectivity index (χ1v) is 10.9. The molecule has 3 aromatic rings. The number of carbonyl (C=O) groups is 3. The van der Waals surface area contributed by atoms with Crippen molar-refractivity contribution in [3.8, 4) is 16.2 Å². The predicted molar refractivity (Wildman–Crippen MR) is 121 cm³/mol. The minimum atomic E-state index is -1.12. The molecule has 2 aliphatic rings. The third kappa shape index (κ3) is 3.23. The SMILES string of the molecule is CC1(C)C(=O)Nc2ccccc2N1C(=O)COC(=O)c1cc2c(s1)-c1ccccc1OC2. The van der Waals surface area contributed by atoms with E-state index in [4.69, 9.17) is 9.47 Å². The maximum Gasteiger partial charge on any atom is 0.348 e. The van der Waals surface area contributed by atoms with E-state index in [-0.39, 0.29) is 5.91 Å². The summed E-state index contributed by atoms with van der Waals surface area (Å²) in [5, 5.41) is 2.81. The molecule has 2 amide bonds. The van der Waals surface area contributed by atoms with Gasteiger partial charge in [0.15, 0.2) is 6.61 Å². The van der Waals surface area contributed by atoms with Crippen molar-refractivity contribution in [1.82, 2.24) is 0 Å². The number of thiophene rings is 1. The Morgan fingerprint density at radius 1 is 1.16 bits per heavy atom. The largest absolute Gasteiger partial charge is 0.488 e. The van der Waals surface area contributed by atoms with Gasteiger partial charge in [-0.25, -0.2) is 4.79 Å². The number of fused-ring (bicyclic) bond motifs is 4. The summed E-state index contributed by atoms with van der Waals surface area (Å²) in [5.41, 5.74) is 1.84. The van der Waals surface area contributed by atoms with Crippen molar-refractivity contribution >= 4 is 40.5 Å². The highest BCUT2D eigenvalue weighted by molar-refractivity contribution is 7.17. The molecule has 0 saturated carbocycles. The van der Waals surface area contributed by atoms with Gasteiger partial charge < -0.3 is 14.8 Å². The summed E-state index contributed by atoms with van der Waals surface area (Å²) in [5.74, 6) is -0.579. The van der Waals surface area contributed by atoms with E-state index in [1.807, 2.05) is 24.3 Å². The van der Waals surface area contributed by atoms with Gasteiger partial charge in [-0.2, -0.15) is 0 Å². The van der Waals surface area contributed by atoms with E-state index in [1.54, 1.807) is 44.2 Å². The summed E-state index contributed by atoms with van der Waals surface area (Å²) < 4.78 is 11.1. The Hall–Kier alpha value is -3.65. The molecular weight excluding hydrogens is 428 g/mol. The van der Waals surface area contributed by atoms with Crippen LogP contribution in [0, 0.1) is 0 Å². The number of anilines is 2. The Morgan fingerprint density at radius 2 is 1.91 bits per heavy atom. The zero-order chi connectivity index (χ0) is 22.5. The zero-order valence-electron chi connectivity index (χ0n) is 17.5. The molecule has 5 rings (SSSR count). The van der Waals surface area contributed by atoms with E-state index >= 15 is 0 Å². The maximum absolute atomic E-state index is 13.1. The molecule has 0 atom stereocenters. The van der Waals surface area contributed by atoms with Gasteiger partial charge in [0.05, 0.1) is 11.4 Å². The average molecular weight is 449 g/mol. The summed E-state index contributed by atoms with van der Waals surface area (Å²) in [6, 6.07) is 16.4. The lowest BCUT2D eigenvalue weighted by molar-refractivity contribution is -0.128. The summed E-state index contributed by atoms with van der Waals surface area (Å²) in [6.45, 7) is 3.22. The Morgan fingerprint density at radius 3 is 2.75 bits per heavy atom. The molecule has 0 bridgehead atoms. The highest BCUT2D eigenvalue weighted by atomic mass is 32.1. The van der Waals surface area contributed by atoms with E-state index in [2.05, 4.69) is 5.32 Å². The standard InChI is InChI=1S/C24H20N2O5S/c1-24(2)23(29)25-16-8-4-5-9-17(16)26(24)20(27)13-31-22(28)19-11-14-12-30-18-10-6-3-7-15(18)21(14)32-19/h3-11H,12-13H2,1-2H3,(H,25,29). The Kier molecular flexibility index (Phi) is 4.74. The molecule has 8 heteroatoms. The number of esters is 1. The van der Waals surface area contributed by atoms with Crippen molar-refractivity contribution in [1.29, 1.82) is 0 Å². The molecule has 0 aliphatic carbocycles. The fraction of sp³-hybridized carbons (Fsp3) is 0.208. The highest BCUT2D eigenvalue weighted by Crippen LogP contribution is 2.42. The molecular formula is C24H20N2O5S. The van der Waals surface area contributed by atoms with Gasteiger partial charge in [0.25, 0.3) is 5.91 Å². The fourth-order valence-electron chi connectivity index (χ4n) is 3.96. The lowest BCUT2D eigenvalue weighted by Gasteiger charge is -2.41. The van der Waals surface area contributed by atoms with Crippen LogP contribution in [0.5, 0.6) is 5.75 Å². The van der Waals surface area contributed by atoms with Gasteiger partial charge in [0, 0.05) is 16.0 Å². The second-order valence-electron chi connectivity index (χ2n) is 8.09. The van der Waals surface area contributed by atoms with Gasteiger partial charge in [0.2, 0.25) is 5.91 Å². The lowest BCUT2D eigenvalue weighted by atomic mass is 9.96. The summed E-state index contributed by atoms with van der Waals surface area (Å²) in [4.78, 5) is 41.1. The molecule has 3 heterocycles. The molecule has 2 aromatic carbocycles. The summed E-state index contributed by atoms with van der Waals surface area (Å²) in [7, 11) is 0. The third-order valence-corrected chi connectivity index (χ3v) is 6.80. The molecule has 162 valence electrons. The molecule has 0 radical (unpaired) electrons. The van der Waals surface area contributed by atoms with Gasteiger partial charge in [-0.1, -0.05) is 24.3 Å². The summed E-state index contributed by atoms with van der Waals surface area (Å²) >= 11 is 1.32. The summed E-state index contributed by atoms with van der Waals surface area (Å²) in [6.07, 6.45) is 0. The van der Waals surface area contributed by atoms with Gasteiger partial charge in [-0.15, -0.1) is 11.3 Å². The molecule has 0 saturated heterocycles. The van der Waals surface area contributed by atoms with Gasteiger partial charge >= 0.3 is 5.97 Å². The second kappa shape index (κ2) is 7.49. The minimum Gasteiger partial charge on any atom is -0.488 e. The highest BCUT2D eigenvalue weighted by Gasteiger charge is 2.43. The quantitative estimate of drug-likeness (QED) is 0.606. The van der Waals surface area contributed by atoms with E-state index in [1.165, 1.54) is 16.2 Å². The maximum atomic E-state index is 13.1.